The molecule has 0 rings (SSSR count). The first-order valence-electron chi connectivity index (χ1n) is 4.57. The fourth-order valence-electron chi connectivity index (χ4n) is 1.04. The molecule has 0 spiro atoms. The summed E-state index contributed by atoms with van der Waals surface area (Å²) >= 11 is 6.72. The SMILES string of the molecule is CCCCCCCCSC[S]. The Morgan fingerprint density at radius 2 is 1.64 bits per heavy atom. The maximum atomic E-state index is 4.83. The standard InChI is InChI=1S/C9H19S2/c1-2-3-4-5-6-7-8-11-9-10/h2-9H2,1H3. The van der Waals surface area contributed by atoms with Gasteiger partial charge in [-0.15, -0.1) is 0 Å². The largest absolute Gasteiger partial charge is 0.150 e. The first-order valence-corrected chi connectivity index (χ1v) is 6.31. The van der Waals surface area contributed by atoms with E-state index in [2.05, 4.69) is 6.92 Å². The summed E-state index contributed by atoms with van der Waals surface area (Å²) in [5.41, 5.74) is 0. The lowest BCUT2D eigenvalue weighted by Crippen LogP contribution is -1.81. The molecule has 0 unspecified atom stereocenters. The van der Waals surface area contributed by atoms with Gasteiger partial charge in [0.2, 0.25) is 0 Å². The lowest BCUT2D eigenvalue weighted by Gasteiger charge is -1.98. The van der Waals surface area contributed by atoms with Crippen molar-refractivity contribution in [3.63, 3.8) is 0 Å². The molecule has 0 aliphatic carbocycles. The highest BCUT2D eigenvalue weighted by Gasteiger charge is 1.89. The molecule has 0 aromatic heterocycles. The van der Waals surface area contributed by atoms with Gasteiger partial charge in [-0.1, -0.05) is 51.7 Å². The summed E-state index contributed by atoms with van der Waals surface area (Å²) < 4.78 is 0. The lowest BCUT2D eigenvalue weighted by molar-refractivity contribution is 0.627. The number of unbranched alkanes of at least 4 members (excludes halogenated alkanes) is 5. The van der Waals surface area contributed by atoms with E-state index in [1.807, 2.05) is 11.8 Å². The molecule has 0 atom stereocenters. The van der Waals surface area contributed by atoms with Gasteiger partial charge in [0.1, 0.15) is 0 Å². The molecule has 2 heteroatoms. The quantitative estimate of drug-likeness (QED) is 0.517. The summed E-state index contributed by atoms with van der Waals surface area (Å²) in [6.45, 7) is 2.26. The summed E-state index contributed by atoms with van der Waals surface area (Å²) in [6.07, 6.45) is 8.38. The molecule has 0 N–H and O–H groups in total. The van der Waals surface area contributed by atoms with E-state index in [4.69, 9.17) is 12.6 Å². The summed E-state index contributed by atoms with van der Waals surface area (Å²) in [6, 6.07) is 0. The van der Waals surface area contributed by atoms with E-state index < -0.39 is 0 Å². The molecule has 11 heavy (non-hydrogen) atoms. The van der Waals surface area contributed by atoms with Gasteiger partial charge in [0, 0.05) is 5.08 Å². The third-order valence-electron chi connectivity index (χ3n) is 1.73. The molecule has 0 fully saturated rings. The fourth-order valence-corrected chi connectivity index (χ4v) is 1.92. The van der Waals surface area contributed by atoms with Crippen molar-refractivity contribution in [2.75, 3.05) is 10.8 Å². The van der Waals surface area contributed by atoms with Crippen LogP contribution in [0.5, 0.6) is 0 Å². The van der Waals surface area contributed by atoms with Gasteiger partial charge in [-0.25, -0.2) is 0 Å². The van der Waals surface area contributed by atoms with Gasteiger partial charge in [0.25, 0.3) is 0 Å². The third kappa shape index (κ3) is 10.7. The summed E-state index contributed by atoms with van der Waals surface area (Å²) in [5.74, 6) is 1.27. The summed E-state index contributed by atoms with van der Waals surface area (Å²) in [4.78, 5) is 0. The fraction of sp³-hybridized carbons (Fsp3) is 1.00. The maximum Gasteiger partial charge on any atom is 0.0496 e. The first kappa shape index (κ1) is 11.7. The normalized spacial score (nSPS) is 10.4. The van der Waals surface area contributed by atoms with Crippen molar-refractivity contribution in [2.45, 2.75) is 45.4 Å². The van der Waals surface area contributed by atoms with Crippen molar-refractivity contribution in [1.29, 1.82) is 0 Å². The van der Waals surface area contributed by atoms with Crippen molar-refractivity contribution < 1.29 is 0 Å². The molecule has 0 nitrogen and oxygen atoms in total. The number of hydrogen-bond acceptors (Lipinski definition) is 1. The topological polar surface area (TPSA) is 0 Å². The van der Waals surface area contributed by atoms with Crippen LogP contribution in [-0.2, 0) is 0 Å². The first-order chi connectivity index (χ1) is 5.41. The Hall–Kier alpha value is 0.700. The molecule has 0 saturated carbocycles. The van der Waals surface area contributed by atoms with Crippen LogP contribution in [0.25, 0.3) is 0 Å². The van der Waals surface area contributed by atoms with E-state index in [1.54, 1.807) is 0 Å². The van der Waals surface area contributed by atoms with Gasteiger partial charge in [0.05, 0.1) is 0 Å². The molecule has 0 heterocycles. The highest BCUT2D eigenvalue weighted by Crippen LogP contribution is 2.09. The summed E-state index contributed by atoms with van der Waals surface area (Å²) in [7, 11) is 0. The number of thioether (sulfide) groups is 1. The Balaban J connectivity index is 2.69. The molecule has 0 amide bonds. The van der Waals surface area contributed by atoms with E-state index >= 15 is 0 Å². The van der Waals surface area contributed by atoms with E-state index in [9.17, 15) is 0 Å². The van der Waals surface area contributed by atoms with Crippen molar-refractivity contribution in [1.82, 2.24) is 0 Å². The van der Waals surface area contributed by atoms with Crippen LogP contribution in [-0.4, -0.2) is 10.8 Å². The van der Waals surface area contributed by atoms with Crippen LogP contribution in [0.15, 0.2) is 0 Å². The van der Waals surface area contributed by atoms with Gasteiger partial charge in [-0.3, -0.25) is 0 Å². The van der Waals surface area contributed by atoms with E-state index in [-0.39, 0.29) is 0 Å². The van der Waals surface area contributed by atoms with Crippen LogP contribution in [0.2, 0.25) is 0 Å². The molecular formula is C9H19S2. The zero-order chi connectivity index (χ0) is 8.36. The Morgan fingerprint density at radius 3 is 2.27 bits per heavy atom. The maximum absolute atomic E-state index is 4.83. The van der Waals surface area contributed by atoms with Crippen LogP contribution in [0.1, 0.15) is 45.4 Å². The minimum Gasteiger partial charge on any atom is -0.150 e. The molecule has 0 aliphatic heterocycles. The van der Waals surface area contributed by atoms with Gasteiger partial charge >= 0.3 is 0 Å². The van der Waals surface area contributed by atoms with Crippen LogP contribution in [0, 0.1) is 0 Å². The highest BCUT2D eigenvalue weighted by atomic mass is 32.2. The Morgan fingerprint density at radius 1 is 1.00 bits per heavy atom. The molecule has 0 saturated heterocycles. The van der Waals surface area contributed by atoms with Crippen LogP contribution >= 0.6 is 24.4 Å². The van der Waals surface area contributed by atoms with E-state index in [0.29, 0.717) is 0 Å². The van der Waals surface area contributed by atoms with Gasteiger partial charge < -0.3 is 0 Å². The summed E-state index contributed by atoms with van der Waals surface area (Å²) in [5, 5.41) is 0.870. The van der Waals surface area contributed by atoms with Crippen LogP contribution in [0.4, 0.5) is 0 Å². The highest BCUT2D eigenvalue weighted by molar-refractivity contribution is 8.09. The number of rotatable bonds is 8. The van der Waals surface area contributed by atoms with Gasteiger partial charge in [-0.05, 0) is 12.2 Å². The molecule has 0 aromatic rings. The van der Waals surface area contributed by atoms with Crippen molar-refractivity contribution >= 4 is 24.4 Å². The monoisotopic (exact) mass is 191 g/mol. The molecule has 0 aliphatic rings. The van der Waals surface area contributed by atoms with E-state index in [1.165, 1.54) is 44.3 Å². The van der Waals surface area contributed by atoms with Crippen molar-refractivity contribution in [2.24, 2.45) is 0 Å². The second-order valence-corrected chi connectivity index (χ2v) is 4.55. The van der Waals surface area contributed by atoms with Crippen LogP contribution < -0.4 is 0 Å². The van der Waals surface area contributed by atoms with Gasteiger partial charge in [0.15, 0.2) is 0 Å². The number of hydrogen-bond donors (Lipinski definition) is 0. The molecule has 0 bridgehead atoms. The average Bonchev–Trinajstić information content (AvgIpc) is 2.03. The van der Waals surface area contributed by atoms with Gasteiger partial charge in [-0.2, -0.15) is 11.8 Å². The van der Waals surface area contributed by atoms with Crippen LogP contribution in [0.3, 0.4) is 0 Å². The average molecular weight is 191 g/mol. The lowest BCUT2D eigenvalue weighted by atomic mass is 10.1. The minimum atomic E-state index is 0.870. The zero-order valence-corrected chi connectivity index (χ0v) is 9.11. The second-order valence-electron chi connectivity index (χ2n) is 2.79. The predicted molar refractivity (Wildman–Crippen MR) is 58.3 cm³/mol. The Kier molecular flexibility index (Phi) is 11.4. The minimum absolute atomic E-state index is 0.870. The second kappa shape index (κ2) is 10.7. The zero-order valence-electron chi connectivity index (χ0n) is 7.47. The molecule has 0 aromatic carbocycles. The third-order valence-corrected chi connectivity index (χ3v) is 2.97. The molecule has 67 valence electrons. The Labute approximate surface area is 80.9 Å². The molecule has 1 radical (unpaired) electrons. The molecular weight excluding hydrogens is 172 g/mol. The van der Waals surface area contributed by atoms with Crippen molar-refractivity contribution in [3.8, 4) is 0 Å². The Bertz CT molecular complexity index is 56.6. The smallest absolute Gasteiger partial charge is 0.0496 e. The predicted octanol–water partition coefficient (Wildman–Crippen LogP) is 4.24. The van der Waals surface area contributed by atoms with E-state index in [0.717, 1.165) is 5.08 Å². The van der Waals surface area contributed by atoms with Crippen molar-refractivity contribution in [3.05, 3.63) is 0 Å².